The predicted molar refractivity (Wildman–Crippen MR) is 74.0 cm³/mol. The van der Waals surface area contributed by atoms with E-state index in [0.717, 1.165) is 12.1 Å². The maximum Gasteiger partial charge on any atom is 0.417 e. The molecule has 3 N–H and O–H groups in total. The molecule has 0 saturated heterocycles. The van der Waals surface area contributed by atoms with Crippen molar-refractivity contribution in [1.29, 1.82) is 0 Å². The third kappa shape index (κ3) is 1.96. The van der Waals surface area contributed by atoms with Crippen molar-refractivity contribution < 1.29 is 4.42 Å². The molecule has 0 amide bonds. The molecule has 1 aromatic heterocycles. The van der Waals surface area contributed by atoms with Crippen LogP contribution in [0.1, 0.15) is 27.2 Å². The van der Waals surface area contributed by atoms with Crippen LogP contribution in [-0.2, 0) is 0 Å². The van der Waals surface area contributed by atoms with Gasteiger partial charge in [-0.15, -0.1) is 0 Å². The topological polar surface area (TPSA) is 75.3 Å². The first kappa shape index (κ1) is 12.5. The van der Waals surface area contributed by atoms with Crippen molar-refractivity contribution in [3.63, 3.8) is 0 Å². The van der Waals surface area contributed by atoms with Crippen LogP contribution >= 0.6 is 0 Å². The zero-order valence-corrected chi connectivity index (χ0v) is 11.2. The minimum Gasteiger partial charge on any atom is -0.408 e. The summed E-state index contributed by atoms with van der Waals surface area (Å²) < 4.78 is 4.99. The zero-order chi connectivity index (χ0) is 13.5. The predicted octanol–water partition coefficient (Wildman–Crippen LogP) is 2.33. The highest BCUT2D eigenvalue weighted by atomic mass is 16.4. The minimum absolute atomic E-state index is 0.00811. The third-order valence-electron chi connectivity index (χ3n) is 3.70. The van der Waals surface area contributed by atoms with Gasteiger partial charge in [0.15, 0.2) is 5.58 Å². The molecule has 0 radical (unpaired) electrons. The van der Waals surface area contributed by atoms with Crippen LogP contribution in [0.4, 0.5) is 11.4 Å². The molecule has 0 aliphatic heterocycles. The summed E-state index contributed by atoms with van der Waals surface area (Å²) in [6, 6.07) is 3.54. The van der Waals surface area contributed by atoms with E-state index >= 15 is 0 Å². The van der Waals surface area contributed by atoms with Crippen molar-refractivity contribution in [2.24, 2.45) is 0 Å². The van der Waals surface area contributed by atoms with Crippen LogP contribution in [0.5, 0.6) is 0 Å². The molecule has 2 aromatic rings. The normalized spacial score (nSPS) is 12.0. The number of nitrogens with zero attached hydrogens (tertiary/aromatic N) is 1. The summed E-state index contributed by atoms with van der Waals surface area (Å²) in [5.74, 6) is -0.459. The smallest absolute Gasteiger partial charge is 0.408 e. The van der Waals surface area contributed by atoms with Gasteiger partial charge in [-0.3, -0.25) is 4.98 Å². The largest absolute Gasteiger partial charge is 0.417 e. The number of H-pyrrole nitrogens is 1. The molecular weight excluding hydrogens is 230 g/mol. The van der Waals surface area contributed by atoms with Crippen LogP contribution in [0.3, 0.4) is 0 Å². The fraction of sp³-hybridized carbons (Fsp3) is 0.462. The molecule has 5 nitrogen and oxygen atoms in total. The summed E-state index contributed by atoms with van der Waals surface area (Å²) in [5, 5.41) is 0. The molecule has 1 heterocycles. The molecule has 0 bridgehead atoms. The summed E-state index contributed by atoms with van der Waals surface area (Å²) in [5.41, 5.74) is 8.68. The lowest BCUT2D eigenvalue weighted by molar-refractivity contribution is 0.471. The number of aromatic amines is 1. The SMILES string of the molecule is CCC(C)(C)N(C)c1cc2[nH]c(=O)oc2cc1N. The molecule has 0 aliphatic carbocycles. The van der Waals surface area contributed by atoms with E-state index in [1.807, 2.05) is 13.1 Å². The number of benzene rings is 1. The number of hydrogen-bond donors (Lipinski definition) is 2. The molecule has 2 rings (SSSR count). The van der Waals surface area contributed by atoms with Gasteiger partial charge in [-0.05, 0) is 26.3 Å². The number of nitrogens with two attached hydrogens (primary N) is 1. The van der Waals surface area contributed by atoms with E-state index in [0.29, 0.717) is 16.8 Å². The Morgan fingerprint density at radius 3 is 2.72 bits per heavy atom. The van der Waals surface area contributed by atoms with Gasteiger partial charge in [-0.1, -0.05) is 6.92 Å². The van der Waals surface area contributed by atoms with Gasteiger partial charge in [0.2, 0.25) is 0 Å². The summed E-state index contributed by atoms with van der Waals surface area (Å²) in [6.45, 7) is 6.43. The van der Waals surface area contributed by atoms with E-state index in [1.165, 1.54) is 0 Å². The maximum absolute atomic E-state index is 11.2. The molecule has 18 heavy (non-hydrogen) atoms. The van der Waals surface area contributed by atoms with Gasteiger partial charge in [-0.2, -0.15) is 0 Å². The summed E-state index contributed by atoms with van der Waals surface area (Å²) in [7, 11) is 2.00. The Hall–Kier alpha value is -1.91. The van der Waals surface area contributed by atoms with E-state index in [9.17, 15) is 4.79 Å². The molecule has 0 spiro atoms. The van der Waals surface area contributed by atoms with E-state index < -0.39 is 5.76 Å². The third-order valence-corrected chi connectivity index (χ3v) is 3.70. The summed E-state index contributed by atoms with van der Waals surface area (Å²) in [6.07, 6.45) is 0.989. The number of nitrogens with one attached hydrogen (secondary N) is 1. The number of hydrogen-bond acceptors (Lipinski definition) is 4. The van der Waals surface area contributed by atoms with Gasteiger partial charge in [0.1, 0.15) is 0 Å². The molecule has 0 fully saturated rings. The lowest BCUT2D eigenvalue weighted by Gasteiger charge is -2.37. The lowest BCUT2D eigenvalue weighted by atomic mass is 9.99. The Kier molecular flexibility index (Phi) is 2.84. The zero-order valence-electron chi connectivity index (χ0n) is 11.2. The Morgan fingerprint density at radius 1 is 1.44 bits per heavy atom. The molecule has 0 unspecified atom stereocenters. The molecule has 0 atom stereocenters. The number of rotatable bonds is 3. The number of nitrogen functional groups attached to an aromatic ring is 1. The average Bonchev–Trinajstić information content (AvgIpc) is 2.66. The van der Waals surface area contributed by atoms with Crippen LogP contribution in [0, 0.1) is 0 Å². The van der Waals surface area contributed by atoms with Crippen molar-refractivity contribution in [3.05, 3.63) is 22.7 Å². The van der Waals surface area contributed by atoms with Gasteiger partial charge in [-0.25, -0.2) is 4.79 Å². The molecule has 0 aliphatic rings. The summed E-state index contributed by atoms with van der Waals surface area (Å²) in [4.78, 5) is 15.9. The molecule has 0 saturated carbocycles. The molecule has 5 heteroatoms. The van der Waals surface area contributed by atoms with Crippen LogP contribution < -0.4 is 16.4 Å². The van der Waals surface area contributed by atoms with Crippen molar-refractivity contribution in [3.8, 4) is 0 Å². The van der Waals surface area contributed by atoms with Crippen molar-refractivity contribution in [2.75, 3.05) is 17.7 Å². The van der Waals surface area contributed by atoms with E-state index in [1.54, 1.807) is 6.07 Å². The Balaban J connectivity index is 2.57. The standard InChI is InChI=1S/C13H19N3O2/c1-5-13(2,3)16(4)10-7-9-11(6-8(10)14)18-12(17)15-9/h6-7H,5,14H2,1-4H3,(H,15,17). The second-order valence-electron chi connectivity index (χ2n) is 5.15. The lowest BCUT2D eigenvalue weighted by Crippen LogP contribution is -2.40. The molecule has 1 aromatic carbocycles. The minimum atomic E-state index is -0.459. The first-order chi connectivity index (χ1) is 8.35. The Morgan fingerprint density at radius 2 is 2.11 bits per heavy atom. The number of fused-ring (bicyclic) bond motifs is 1. The van der Waals surface area contributed by atoms with Crippen LogP contribution in [0.25, 0.3) is 11.1 Å². The maximum atomic E-state index is 11.2. The first-order valence-corrected chi connectivity index (χ1v) is 6.01. The highest BCUT2D eigenvalue weighted by Crippen LogP contribution is 2.32. The Bertz CT molecular complexity index is 625. The number of oxazole rings is 1. The number of anilines is 2. The molecular formula is C13H19N3O2. The van der Waals surface area contributed by atoms with Crippen molar-refractivity contribution in [2.45, 2.75) is 32.7 Å². The van der Waals surface area contributed by atoms with Gasteiger partial charge < -0.3 is 15.1 Å². The highest BCUT2D eigenvalue weighted by molar-refractivity contribution is 5.85. The Labute approximate surface area is 106 Å². The van der Waals surface area contributed by atoms with Gasteiger partial charge >= 0.3 is 5.76 Å². The fourth-order valence-electron chi connectivity index (χ4n) is 1.86. The van der Waals surface area contributed by atoms with Crippen molar-refractivity contribution >= 4 is 22.5 Å². The monoisotopic (exact) mass is 249 g/mol. The summed E-state index contributed by atoms with van der Waals surface area (Å²) >= 11 is 0. The van der Waals surface area contributed by atoms with E-state index in [2.05, 4.69) is 30.7 Å². The van der Waals surface area contributed by atoms with Crippen LogP contribution in [0.15, 0.2) is 21.3 Å². The van der Waals surface area contributed by atoms with Crippen molar-refractivity contribution in [1.82, 2.24) is 4.98 Å². The second kappa shape index (κ2) is 4.08. The fourth-order valence-corrected chi connectivity index (χ4v) is 1.86. The highest BCUT2D eigenvalue weighted by Gasteiger charge is 2.23. The van der Waals surface area contributed by atoms with Crippen LogP contribution in [0.2, 0.25) is 0 Å². The quantitative estimate of drug-likeness (QED) is 0.819. The van der Waals surface area contributed by atoms with Crippen LogP contribution in [-0.4, -0.2) is 17.6 Å². The average molecular weight is 249 g/mol. The van der Waals surface area contributed by atoms with Gasteiger partial charge in [0, 0.05) is 18.7 Å². The van der Waals surface area contributed by atoms with E-state index in [4.69, 9.17) is 10.2 Å². The second-order valence-corrected chi connectivity index (χ2v) is 5.15. The van der Waals surface area contributed by atoms with E-state index in [-0.39, 0.29) is 5.54 Å². The number of aromatic nitrogens is 1. The van der Waals surface area contributed by atoms with Gasteiger partial charge in [0.25, 0.3) is 0 Å². The van der Waals surface area contributed by atoms with Gasteiger partial charge in [0.05, 0.1) is 16.9 Å². The first-order valence-electron chi connectivity index (χ1n) is 6.01. The molecule has 98 valence electrons.